The van der Waals surface area contributed by atoms with E-state index in [0.717, 1.165) is 18.7 Å². The number of rotatable bonds is 3. The highest BCUT2D eigenvalue weighted by Crippen LogP contribution is 2.14. The lowest BCUT2D eigenvalue weighted by molar-refractivity contribution is 0.186. The fourth-order valence-corrected chi connectivity index (χ4v) is 2.47. The molecule has 0 amide bonds. The number of benzene rings is 1. The summed E-state index contributed by atoms with van der Waals surface area (Å²) in [5.74, 6) is 0.568. The molecule has 0 bridgehead atoms. The highest BCUT2D eigenvalue weighted by atomic mass is 16.3. The van der Waals surface area contributed by atoms with Crippen molar-refractivity contribution in [3.8, 4) is 0 Å². The molecule has 1 aromatic rings. The van der Waals surface area contributed by atoms with Gasteiger partial charge in [-0.25, -0.2) is 0 Å². The third kappa shape index (κ3) is 4.23. The summed E-state index contributed by atoms with van der Waals surface area (Å²) in [4.78, 5) is 6.49. The molecule has 0 spiro atoms. The molecule has 20 heavy (non-hydrogen) atoms. The van der Waals surface area contributed by atoms with E-state index in [1.165, 1.54) is 31.2 Å². The van der Waals surface area contributed by atoms with E-state index in [4.69, 9.17) is 5.73 Å². The topological polar surface area (TPSA) is 61.9 Å². The quantitative estimate of drug-likeness (QED) is 0.657. The van der Waals surface area contributed by atoms with Gasteiger partial charge in [0.05, 0.1) is 12.6 Å². The molecule has 1 fully saturated rings. The second kappa shape index (κ2) is 7.29. The first-order valence-electron chi connectivity index (χ1n) is 7.46. The van der Waals surface area contributed by atoms with E-state index in [-0.39, 0.29) is 0 Å². The van der Waals surface area contributed by atoms with Gasteiger partial charge in [-0.05, 0) is 25.3 Å². The van der Waals surface area contributed by atoms with Crippen LogP contribution in [0.3, 0.4) is 0 Å². The van der Waals surface area contributed by atoms with Gasteiger partial charge in [-0.3, -0.25) is 4.99 Å². The zero-order chi connectivity index (χ0) is 14.4. The van der Waals surface area contributed by atoms with Gasteiger partial charge in [0.25, 0.3) is 0 Å². The number of aliphatic hydroxyl groups is 1. The second-order valence-corrected chi connectivity index (χ2v) is 5.53. The van der Waals surface area contributed by atoms with Crippen molar-refractivity contribution in [3.63, 3.8) is 0 Å². The van der Waals surface area contributed by atoms with Crippen molar-refractivity contribution in [3.05, 3.63) is 35.4 Å². The monoisotopic (exact) mass is 275 g/mol. The molecule has 4 nitrogen and oxygen atoms in total. The maximum absolute atomic E-state index is 10.1. The molecule has 0 saturated carbocycles. The summed E-state index contributed by atoms with van der Waals surface area (Å²) in [7, 11) is 0. The maximum atomic E-state index is 10.1. The van der Waals surface area contributed by atoms with Crippen molar-refractivity contribution in [2.75, 3.05) is 19.6 Å². The Balaban J connectivity index is 1.91. The number of aryl methyl sites for hydroxylation is 1. The molecule has 4 heteroatoms. The average Bonchev–Trinajstić information content (AvgIpc) is 2.74. The third-order valence-electron chi connectivity index (χ3n) is 3.82. The number of likely N-dealkylation sites (tertiary alicyclic amines) is 1. The SMILES string of the molecule is Cc1ccc(C(O)CN=C(N)N2CCCCCC2)cc1. The number of guanidine groups is 1. The van der Waals surface area contributed by atoms with E-state index in [2.05, 4.69) is 9.89 Å². The van der Waals surface area contributed by atoms with Gasteiger partial charge in [-0.15, -0.1) is 0 Å². The van der Waals surface area contributed by atoms with Crippen molar-refractivity contribution >= 4 is 5.96 Å². The molecule has 1 atom stereocenters. The third-order valence-corrected chi connectivity index (χ3v) is 3.82. The Morgan fingerprint density at radius 1 is 1.20 bits per heavy atom. The van der Waals surface area contributed by atoms with Gasteiger partial charge in [0.15, 0.2) is 5.96 Å². The molecule has 1 aromatic carbocycles. The van der Waals surface area contributed by atoms with Crippen LogP contribution in [-0.2, 0) is 0 Å². The average molecular weight is 275 g/mol. The summed E-state index contributed by atoms with van der Waals surface area (Å²) < 4.78 is 0. The lowest BCUT2D eigenvalue weighted by Gasteiger charge is -2.21. The van der Waals surface area contributed by atoms with E-state index in [9.17, 15) is 5.11 Å². The standard InChI is InChI=1S/C16H25N3O/c1-13-6-8-14(9-7-13)15(20)12-18-16(17)19-10-4-2-3-5-11-19/h6-9,15,20H,2-5,10-12H2,1H3,(H2,17,18). The number of hydrogen-bond donors (Lipinski definition) is 2. The van der Waals surface area contributed by atoms with Crippen LogP contribution in [0.4, 0.5) is 0 Å². The molecule has 0 aliphatic carbocycles. The maximum Gasteiger partial charge on any atom is 0.191 e. The Morgan fingerprint density at radius 2 is 1.80 bits per heavy atom. The minimum atomic E-state index is -0.582. The molecule has 1 heterocycles. The van der Waals surface area contributed by atoms with Crippen molar-refractivity contribution in [1.82, 2.24) is 4.90 Å². The Kier molecular flexibility index (Phi) is 5.41. The van der Waals surface area contributed by atoms with Gasteiger partial charge in [0, 0.05) is 13.1 Å². The first-order chi connectivity index (χ1) is 9.66. The van der Waals surface area contributed by atoms with Crippen LogP contribution in [0, 0.1) is 6.92 Å². The van der Waals surface area contributed by atoms with Gasteiger partial charge in [0.1, 0.15) is 0 Å². The van der Waals surface area contributed by atoms with Crippen molar-refractivity contribution in [1.29, 1.82) is 0 Å². The van der Waals surface area contributed by atoms with Gasteiger partial charge >= 0.3 is 0 Å². The highest BCUT2D eigenvalue weighted by Gasteiger charge is 2.12. The molecule has 0 radical (unpaired) electrons. The molecular formula is C16H25N3O. The van der Waals surface area contributed by atoms with Crippen LogP contribution < -0.4 is 5.73 Å². The number of aliphatic hydroxyl groups excluding tert-OH is 1. The molecule has 1 unspecified atom stereocenters. The van der Waals surface area contributed by atoms with Crippen LogP contribution in [0.2, 0.25) is 0 Å². The molecule has 2 rings (SSSR count). The summed E-state index contributed by atoms with van der Waals surface area (Å²) in [6, 6.07) is 7.89. The summed E-state index contributed by atoms with van der Waals surface area (Å²) in [5.41, 5.74) is 8.11. The lowest BCUT2D eigenvalue weighted by Crippen LogP contribution is -2.38. The Morgan fingerprint density at radius 3 is 2.40 bits per heavy atom. The molecule has 110 valence electrons. The van der Waals surface area contributed by atoms with Crippen LogP contribution in [0.15, 0.2) is 29.3 Å². The fourth-order valence-electron chi connectivity index (χ4n) is 2.47. The van der Waals surface area contributed by atoms with Crippen molar-refractivity contribution in [2.24, 2.45) is 10.7 Å². The molecule has 1 saturated heterocycles. The summed E-state index contributed by atoms with van der Waals surface area (Å²) >= 11 is 0. The van der Waals surface area contributed by atoms with Crippen LogP contribution in [-0.4, -0.2) is 35.6 Å². The van der Waals surface area contributed by atoms with Gasteiger partial charge < -0.3 is 15.7 Å². The van der Waals surface area contributed by atoms with E-state index in [0.29, 0.717) is 12.5 Å². The van der Waals surface area contributed by atoms with Crippen LogP contribution in [0.5, 0.6) is 0 Å². The van der Waals surface area contributed by atoms with Crippen molar-refractivity contribution < 1.29 is 5.11 Å². The van der Waals surface area contributed by atoms with E-state index in [1.54, 1.807) is 0 Å². The molecule has 3 N–H and O–H groups in total. The number of nitrogens with two attached hydrogens (primary N) is 1. The molecule has 1 aliphatic rings. The fraction of sp³-hybridized carbons (Fsp3) is 0.562. The smallest absolute Gasteiger partial charge is 0.191 e. The first kappa shape index (κ1) is 14.9. The number of hydrogen-bond acceptors (Lipinski definition) is 2. The Bertz CT molecular complexity index is 434. The van der Waals surface area contributed by atoms with Crippen LogP contribution >= 0.6 is 0 Å². The van der Waals surface area contributed by atoms with Gasteiger partial charge in [-0.2, -0.15) is 0 Å². The predicted octanol–water partition coefficient (Wildman–Crippen LogP) is 2.22. The zero-order valence-electron chi connectivity index (χ0n) is 12.3. The van der Waals surface area contributed by atoms with Gasteiger partial charge in [0.2, 0.25) is 0 Å². The van der Waals surface area contributed by atoms with Crippen LogP contribution in [0.25, 0.3) is 0 Å². The normalized spacial score (nSPS) is 18.7. The summed E-state index contributed by atoms with van der Waals surface area (Å²) in [5, 5.41) is 10.1. The van der Waals surface area contributed by atoms with E-state index >= 15 is 0 Å². The Labute approximate surface area is 121 Å². The van der Waals surface area contributed by atoms with Gasteiger partial charge in [-0.1, -0.05) is 42.7 Å². The van der Waals surface area contributed by atoms with Crippen LogP contribution in [0.1, 0.15) is 42.9 Å². The Hall–Kier alpha value is -1.55. The second-order valence-electron chi connectivity index (χ2n) is 5.53. The lowest BCUT2D eigenvalue weighted by atomic mass is 10.1. The zero-order valence-corrected chi connectivity index (χ0v) is 12.3. The molecular weight excluding hydrogens is 250 g/mol. The molecule has 0 aromatic heterocycles. The largest absolute Gasteiger partial charge is 0.386 e. The minimum absolute atomic E-state index is 0.325. The molecule has 1 aliphatic heterocycles. The first-order valence-corrected chi connectivity index (χ1v) is 7.46. The highest BCUT2D eigenvalue weighted by molar-refractivity contribution is 5.78. The minimum Gasteiger partial charge on any atom is -0.386 e. The van der Waals surface area contributed by atoms with E-state index in [1.807, 2.05) is 31.2 Å². The van der Waals surface area contributed by atoms with E-state index < -0.39 is 6.10 Å². The number of nitrogens with zero attached hydrogens (tertiary/aromatic N) is 2. The predicted molar refractivity (Wildman–Crippen MR) is 82.7 cm³/mol. The summed E-state index contributed by atoms with van der Waals surface area (Å²) in [6.07, 6.45) is 4.32. The summed E-state index contributed by atoms with van der Waals surface area (Å²) in [6.45, 7) is 4.32. The number of aliphatic imine (C=N–C) groups is 1. The van der Waals surface area contributed by atoms with Crippen molar-refractivity contribution in [2.45, 2.75) is 38.7 Å².